The normalized spacial score (nSPS) is 11.4. The maximum Gasteiger partial charge on any atom is 0.387 e. The second-order valence-electron chi connectivity index (χ2n) is 6.05. The van der Waals surface area contributed by atoms with Gasteiger partial charge < -0.3 is 20.7 Å². The third kappa shape index (κ3) is 6.60. The van der Waals surface area contributed by atoms with Crippen LogP contribution in [0.5, 0.6) is 5.75 Å². The average Bonchev–Trinajstić information content (AvgIpc) is 2.71. The van der Waals surface area contributed by atoms with Crippen LogP contribution in [0.4, 0.5) is 19.3 Å². The van der Waals surface area contributed by atoms with Gasteiger partial charge in [-0.1, -0.05) is 31.2 Å². The van der Waals surface area contributed by atoms with E-state index in [1.54, 1.807) is 48.5 Å². The predicted molar refractivity (Wildman–Crippen MR) is 107 cm³/mol. The van der Waals surface area contributed by atoms with E-state index in [4.69, 9.17) is 0 Å². The van der Waals surface area contributed by atoms with E-state index in [0.717, 1.165) is 0 Å². The van der Waals surface area contributed by atoms with Crippen LogP contribution in [0.15, 0.2) is 61.2 Å². The fraction of sp³-hybridized carbons (Fsp3) is 0.238. The summed E-state index contributed by atoms with van der Waals surface area (Å²) in [5, 5.41) is 8.06. The van der Waals surface area contributed by atoms with E-state index in [1.807, 2.05) is 6.92 Å². The van der Waals surface area contributed by atoms with Crippen molar-refractivity contribution in [1.29, 1.82) is 0 Å². The van der Waals surface area contributed by atoms with Gasteiger partial charge in [0.2, 0.25) is 0 Å². The van der Waals surface area contributed by atoms with Crippen molar-refractivity contribution in [3.8, 4) is 5.75 Å². The third-order valence-corrected chi connectivity index (χ3v) is 4.04. The second-order valence-corrected chi connectivity index (χ2v) is 6.05. The average molecular weight is 403 g/mol. The second kappa shape index (κ2) is 10.8. The first-order chi connectivity index (χ1) is 13.9. The summed E-state index contributed by atoms with van der Waals surface area (Å²) < 4.78 is 29.8. The number of halogens is 2. The minimum atomic E-state index is -2.95. The molecular weight excluding hydrogens is 380 g/mol. The Morgan fingerprint density at radius 2 is 1.83 bits per heavy atom. The van der Waals surface area contributed by atoms with Gasteiger partial charge in [-0.05, 0) is 36.8 Å². The van der Waals surface area contributed by atoms with Gasteiger partial charge in [-0.2, -0.15) is 8.78 Å². The predicted octanol–water partition coefficient (Wildman–Crippen LogP) is 4.48. The molecule has 1 atom stereocenters. The molecule has 2 rings (SSSR count). The molecule has 1 unspecified atom stereocenters. The van der Waals surface area contributed by atoms with Crippen LogP contribution in [0.3, 0.4) is 0 Å². The van der Waals surface area contributed by atoms with Gasteiger partial charge in [-0.25, -0.2) is 4.79 Å². The summed E-state index contributed by atoms with van der Waals surface area (Å²) in [7, 11) is 0. The number of hydrogen-bond acceptors (Lipinski definition) is 3. The lowest BCUT2D eigenvalue weighted by molar-refractivity contribution is -0.0506. The summed E-state index contributed by atoms with van der Waals surface area (Å²) >= 11 is 0. The first kappa shape index (κ1) is 21.9. The molecule has 0 saturated carbocycles. The number of nitrogens with one attached hydrogen (secondary N) is 3. The molecule has 0 fully saturated rings. The van der Waals surface area contributed by atoms with E-state index in [1.165, 1.54) is 6.07 Å². The lowest BCUT2D eigenvalue weighted by Crippen LogP contribution is -2.32. The fourth-order valence-electron chi connectivity index (χ4n) is 2.67. The first-order valence-corrected chi connectivity index (χ1v) is 9.05. The fourth-order valence-corrected chi connectivity index (χ4v) is 2.67. The molecule has 3 N–H and O–H groups in total. The highest BCUT2D eigenvalue weighted by Gasteiger charge is 2.19. The van der Waals surface area contributed by atoms with E-state index in [2.05, 4.69) is 27.3 Å². The number of para-hydroxylation sites is 1. The third-order valence-electron chi connectivity index (χ3n) is 4.04. The number of carbonyl (C=O) groups excluding carboxylic acids is 2. The Morgan fingerprint density at radius 1 is 1.14 bits per heavy atom. The van der Waals surface area contributed by atoms with Crippen molar-refractivity contribution >= 4 is 17.6 Å². The highest BCUT2D eigenvalue weighted by Crippen LogP contribution is 2.28. The Labute approximate surface area is 168 Å². The van der Waals surface area contributed by atoms with Gasteiger partial charge in [0.05, 0.1) is 6.04 Å². The molecule has 3 amide bonds. The zero-order chi connectivity index (χ0) is 21.2. The van der Waals surface area contributed by atoms with Crippen molar-refractivity contribution in [3.05, 3.63) is 72.3 Å². The zero-order valence-corrected chi connectivity index (χ0v) is 16.0. The highest BCUT2D eigenvalue weighted by molar-refractivity contribution is 5.95. The molecule has 154 valence electrons. The quantitative estimate of drug-likeness (QED) is 0.540. The molecule has 0 heterocycles. The van der Waals surface area contributed by atoms with Crippen molar-refractivity contribution in [2.45, 2.75) is 26.0 Å². The Kier molecular flexibility index (Phi) is 8.14. The zero-order valence-electron chi connectivity index (χ0n) is 16.0. The monoisotopic (exact) mass is 403 g/mol. The lowest BCUT2D eigenvalue weighted by Gasteiger charge is -2.20. The van der Waals surface area contributed by atoms with Crippen LogP contribution in [0.2, 0.25) is 0 Å². The molecular formula is C21H23F2N3O3. The number of alkyl halides is 2. The van der Waals surface area contributed by atoms with Crippen molar-refractivity contribution in [3.63, 3.8) is 0 Å². The summed E-state index contributed by atoms with van der Waals surface area (Å²) in [5.74, 6) is -0.230. The standard InChI is InChI=1S/C21H23F2N3O3/c1-3-13-24-19(27)14-9-11-15(12-10-14)25-21(28)26-17(4-2)16-7-5-6-8-18(16)29-20(22)23/h3,5-12,17,20H,1,4,13H2,2H3,(H,24,27)(H2,25,26,28). The van der Waals surface area contributed by atoms with E-state index in [9.17, 15) is 18.4 Å². The van der Waals surface area contributed by atoms with Gasteiger partial charge >= 0.3 is 12.6 Å². The van der Waals surface area contributed by atoms with E-state index in [0.29, 0.717) is 29.8 Å². The molecule has 0 aliphatic carbocycles. The van der Waals surface area contributed by atoms with Crippen LogP contribution in [-0.4, -0.2) is 25.1 Å². The minimum absolute atomic E-state index is 0.0181. The van der Waals surface area contributed by atoms with Crippen LogP contribution in [0, 0.1) is 0 Å². The SMILES string of the molecule is C=CCNC(=O)c1ccc(NC(=O)NC(CC)c2ccccc2OC(F)F)cc1. The maximum absolute atomic E-state index is 12.6. The van der Waals surface area contributed by atoms with Crippen LogP contribution in [0.1, 0.15) is 35.3 Å². The first-order valence-electron chi connectivity index (χ1n) is 9.05. The number of rotatable bonds is 9. The Balaban J connectivity index is 2.02. The van der Waals surface area contributed by atoms with E-state index >= 15 is 0 Å². The van der Waals surface area contributed by atoms with Crippen molar-refractivity contribution in [2.75, 3.05) is 11.9 Å². The van der Waals surface area contributed by atoms with Crippen LogP contribution >= 0.6 is 0 Å². The molecule has 0 bridgehead atoms. The topological polar surface area (TPSA) is 79.5 Å². The number of benzene rings is 2. The molecule has 2 aromatic rings. The summed E-state index contributed by atoms with van der Waals surface area (Å²) in [6.07, 6.45) is 2.05. The molecule has 0 radical (unpaired) electrons. The smallest absolute Gasteiger partial charge is 0.387 e. The summed E-state index contributed by atoms with van der Waals surface area (Å²) in [4.78, 5) is 24.2. The minimum Gasteiger partial charge on any atom is -0.434 e. The van der Waals surface area contributed by atoms with E-state index in [-0.39, 0.29) is 11.7 Å². The van der Waals surface area contributed by atoms with Gasteiger partial charge in [0.15, 0.2) is 0 Å². The lowest BCUT2D eigenvalue weighted by atomic mass is 10.0. The Bertz CT molecular complexity index is 841. The van der Waals surface area contributed by atoms with Gasteiger partial charge in [0.1, 0.15) is 5.75 Å². The van der Waals surface area contributed by atoms with Crippen molar-refractivity contribution < 1.29 is 23.1 Å². The molecule has 0 aromatic heterocycles. The summed E-state index contributed by atoms with van der Waals surface area (Å²) in [5.41, 5.74) is 1.39. The number of anilines is 1. The number of hydrogen-bond donors (Lipinski definition) is 3. The van der Waals surface area contributed by atoms with Gasteiger partial charge in [0.25, 0.3) is 5.91 Å². The summed E-state index contributed by atoms with van der Waals surface area (Å²) in [6, 6.07) is 11.7. The Hall–Kier alpha value is -3.42. The van der Waals surface area contributed by atoms with Gasteiger partial charge in [-0.15, -0.1) is 6.58 Å². The van der Waals surface area contributed by atoms with Crippen LogP contribution in [0.25, 0.3) is 0 Å². The van der Waals surface area contributed by atoms with Crippen molar-refractivity contribution in [1.82, 2.24) is 10.6 Å². The number of ether oxygens (including phenoxy) is 1. The van der Waals surface area contributed by atoms with Crippen LogP contribution in [-0.2, 0) is 0 Å². The molecule has 29 heavy (non-hydrogen) atoms. The molecule has 0 aliphatic rings. The molecule has 0 spiro atoms. The maximum atomic E-state index is 12.6. The van der Waals surface area contributed by atoms with Crippen molar-refractivity contribution in [2.24, 2.45) is 0 Å². The van der Waals surface area contributed by atoms with Gasteiger partial charge in [0, 0.05) is 23.4 Å². The molecule has 0 aliphatic heterocycles. The summed E-state index contributed by atoms with van der Waals surface area (Å²) in [6.45, 7) is 2.75. The largest absolute Gasteiger partial charge is 0.434 e. The highest BCUT2D eigenvalue weighted by atomic mass is 19.3. The Morgan fingerprint density at radius 3 is 2.45 bits per heavy atom. The van der Waals surface area contributed by atoms with E-state index < -0.39 is 18.7 Å². The molecule has 8 heteroatoms. The number of carbonyl (C=O) groups is 2. The number of urea groups is 1. The van der Waals surface area contributed by atoms with Gasteiger partial charge in [-0.3, -0.25) is 4.79 Å². The molecule has 0 saturated heterocycles. The molecule has 6 nitrogen and oxygen atoms in total. The van der Waals surface area contributed by atoms with Crippen LogP contribution < -0.4 is 20.7 Å². The molecule has 2 aromatic carbocycles. The number of amides is 3.